The van der Waals surface area contributed by atoms with E-state index >= 15 is 0 Å². The lowest BCUT2D eigenvalue weighted by atomic mass is 10.1. The molecule has 0 spiro atoms. The summed E-state index contributed by atoms with van der Waals surface area (Å²) >= 11 is 0. The van der Waals surface area contributed by atoms with Crippen LogP contribution < -0.4 is 14.8 Å². The largest absolute Gasteiger partial charge is 0.493 e. The van der Waals surface area contributed by atoms with E-state index in [1.54, 1.807) is 43.3 Å². The van der Waals surface area contributed by atoms with E-state index in [0.717, 1.165) is 22.5 Å². The molecule has 0 radical (unpaired) electrons. The van der Waals surface area contributed by atoms with E-state index in [0.29, 0.717) is 17.2 Å². The third kappa shape index (κ3) is 4.67. The smallest absolute Gasteiger partial charge is 0.248 e. The van der Waals surface area contributed by atoms with E-state index in [-0.39, 0.29) is 5.91 Å². The Kier molecular flexibility index (Phi) is 6.27. The number of hydrogen-bond donors (Lipinski definition) is 1. The summed E-state index contributed by atoms with van der Waals surface area (Å²) in [4.78, 5) is 12.3. The highest BCUT2D eigenvalue weighted by Gasteiger charge is 2.09. The SMILES string of the molecule is COc1ccc(C=CC(=O)Nc2ccc(-n3nncc3-c3ccccc3)cc2)cc1OC. The predicted octanol–water partition coefficient (Wildman–Crippen LogP) is 4.60. The summed E-state index contributed by atoms with van der Waals surface area (Å²) in [7, 11) is 3.15. The molecule has 0 aliphatic rings. The van der Waals surface area contributed by atoms with Crippen molar-refractivity contribution in [2.75, 3.05) is 19.5 Å². The van der Waals surface area contributed by atoms with Gasteiger partial charge < -0.3 is 14.8 Å². The first kappa shape index (κ1) is 20.9. The van der Waals surface area contributed by atoms with E-state index in [1.165, 1.54) is 6.08 Å². The standard InChI is InChI=1S/C25H22N4O3/c1-31-23-14-8-18(16-24(23)32-2)9-15-25(30)27-20-10-12-21(13-11-20)29-22(17-26-28-29)19-6-4-3-5-7-19/h3-17H,1-2H3,(H,27,30). The minimum absolute atomic E-state index is 0.238. The zero-order valence-corrected chi connectivity index (χ0v) is 17.7. The molecule has 3 aromatic carbocycles. The van der Waals surface area contributed by atoms with Crippen LogP contribution in [-0.2, 0) is 4.79 Å². The van der Waals surface area contributed by atoms with Crippen LogP contribution in [0, 0.1) is 0 Å². The van der Waals surface area contributed by atoms with Gasteiger partial charge in [0.15, 0.2) is 11.5 Å². The number of ether oxygens (including phenoxy) is 2. The first-order valence-electron chi connectivity index (χ1n) is 9.95. The maximum absolute atomic E-state index is 12.3. The van der Waals surface area contributed by atoms with Gasteiger partial charge in [0.1, 0.15) is 0 Å². The normalized spacial score (nSPS) is 10.8. The topological polar surface area (TPSA) is 78.3 Å². The van der Waals surface area contributed by atoms with Crippen LogP contribution in [0.2, 0.25) is 0 Å². The lowest BCUT2D eigenvalue weighted by Crippen LogP contribution is -2.08. The van der Waals surface area contributed by atoms with Crippen molar-refractivity contribution in [2.45, 2.75) is 0 Å². The first-order valence-corrected chi connectivity index (χ1v) is 9.95. The number of nitrogens with one attached hydrogen (secondary N) is 1. The second kappa shape index (κ2) is 9.61. The lowest BCUT2D eigenvalue weighted by Gasteiger charge is -2.08. The molecule has 0 aliphatic heterocycles. The van der Waals surface area contributed by atoms with Gasteiger partial charge in [0.2, 0.25) is 5.91 Å². The van der Waals surface area contributed by atoms with E-state index in [4.69, 9.17) is 9.47 Å². The molecular weight excluding hydrogens is 404 g/mol. The van der Waals surface area contributed by atoms with Crippen LogP contribution in [0.3, 0.4) is 0 Å². The summed E-state index contributed by atoms with van der Waals surface area (Å²) in [5, 5.41) is 11.1. The average molecular weight is 426 g/mol. The molecule has 1 aromatic heterocycles. The molecular formula is C25H22N4O3. The molecule has 1 heterocycles. The van der Waals surface area contributed by atoms with Crippen LogP contribution >= 0.6 is 0 Å². The number of methoxy groups -OCH3 is 2. The van der Waals surface area contributed by atoms with Gasteiger partial charge in [-0.25, -0.2) is 4.68 Å². The molecule has 0 saturated carbocycles. The minimum atomic E-state index is -0.238. The zero-order chi connectivity index (χ0) is 22.3. The van der Waals surface area contributed by atoms with Crippen molar-refractivity contribution < 1.29 is 14.3 Å². The second-order valence-electron chi connectivity index (χ2n) is 6.88. The Balaban J connectivity index is 1.44. The van der Waals surface area contributed by atoms with Gasteiger partial charge in [-0.15, -0.1) is 5.10 Å². The average Bonchev–Trinajstić information content (AvgIpc) is 3.33. The summed E-state index contributed by atoms with van der Waals surface area (Å²) in [6.07, 6.45) is 4.91. The van der Waals surface area contributed by atoms with E-state index in [9.17, 15) is 4.79 Å². The van der Waals surface area contributed by atoms with Crippen LogP contribution in [0.15, 0.2) is 85.1 Å². The Bertz CT molecular complexity index is 1230. The number of nitrogens with zero attached hydrogens (tertiary/aromatic N) is 3. The van der Waals surface area contributed by atoms with E-state index in [1.807, 2.05) is 60.7 Å². The van der Waals surface area contributed by atoms with Gasteiger partial charge in [-0.05, 0) is 48.0 Å². The van der Waals surface area contributed by atoms with Crippen LogP contribution in [0.1, 0.15) is 5.56 Å². The number of amides is 1. The maximum atomic E-state index is 12.3. The molecule has 0 fully saturated rings. The molecule has 0 atom stereocenters. The molecule has 1 amide bonds. The second-order valence-corrected chi connectivity index (χ2v) is 6.88. The summed E-state index contributed by atoms with van der Waals surface area (Å²) in [6.45, 7) is 0. The summed E-state index contributed by atoms with van der Waals surface area (Å²) in [5.74, 6) is 1.00. The third-order valence-electron chi connectivity index (χ3n) is 4.83. The van der Waals surface area contributed by atoms with Crippen molar-refractivity contribution in [3.8, 4) is 28.4 Å². The van der Waals surface area contributed by atoms with Crippen molar-refractivity contribution in [3.05, 3.63) is 90.6 Å². The Morgan fingerprint density at radius 2 is 1.69 bits per heavy atom. The fourth-order valence-corrected chi connectivity index (χ4v) is 3.23. The Morgan fingerprint density at radius 3 is 2.41 bits per heavy atom. The van der Waals surface area contributed by atoms with Gasteiger partial charge in [-0.1, -0.05) is 41.6 Å². The molecule has 4 aromatic rings. The van der Waals surface area contributed by atoms with Gasteiger partial charge >= 0.3 is 0 Å². The van der Waals surface area contributed by atoms with Gasteiger partial charge in [0, 0.05) is 17.3 Å². The molecule has 160 valence electrons. The summed E-state index contributed by atoms with van der Waals surface area (Å²) in [5.41, 5.74) is 4.26. The fraction of sp³-hybridized carbons (Fsp3) is 0.0800. The maximum Gasteiger partial charge on any atom is 0.248 e. The van der Waals surface area contributed by atoms with Gasteiger partial charge in [0.05, 0.1) is 31.8 Å². The van der Waals surface area contributed by atoms with Crippen LogP contribution in [0.4, 0.5) is 5.69 Å². The molecule has 7 nitrogen and oxygen atoms in total. The number of anilines is 1. The predicted molar refractivity (Wildman–Crippen MR) is 124 cm³/mol. The van der Waals surface area contributed by atoms with Crippen molar-refractivity contribution in [2.24, 2.45) is 0 Å². The number of carbonyl (C=O) groups excluding carboxylic acids is 1. The molecule has 4 rings (SSSR count). The number of hydrogen-bond acceptors (Lipinski definition) is 5. The molecule has 0 aliphatic carbocycles. The lowest BCUT2D eigenvalue weighted by molar-refractivity contribution is -0.111. The highest BCUT2D eigenvalue weighted by molar-refractivity contribution is 6.02. The first-order chi connectivity index (χ1) is 15.7. The van der Waals surface area contributed by atoms with Gasteiger partial charge in [0.25, 0.3) is 0 Å². The minimum Gasteiger partial charge on any atom is -0.493 e. The van der Waals surface area contributed by atoms with Crippen molar-refractivity contribution >= 4 is 17.7 Å². The molecule has 0 bridgehead atoms. The van der Waals surface area contributed by atoms with Gasteiger partial charge in [-0.3, -0.25) is 4.79 Å². The fourth-order valence-electron chi connectivity index (χ4n) is 3.23. The van der Waals surface area contributed by atoms with Crippen LogP contribution in [0.5, 0.6) is 11.5 Å². The number of rotatable bonds is 7. The summed E-state index contributed by atoms with van der Waals surface area (Å²) in [6, 6.07) is 22.8. The molecule has 7 heteroatoms. The highest BCUT2D eigenvalue weighted by Crippen LogP contribution is 2.28. The van der Waals surface area contributed by atoms with Crippen molar-refractivity contribution in [1.82, 2.24) is 15.0 Å². The summed E-state index contributed by atoms with van der Waals surface area (Å²) < 4.78 is 12.3. The van der Waals surface area contributed by atoms with Crippen molar-refractivity contribution in [3.63, 3.8) is 0 Å². The third-order valence-corrected chi connectivity index (χ3v) is 4.83. The Morgan fingerprint density at radius 1 is 0.938 bits per heavy atom. The molecule has 32 heavy (non-hydrogen) atoms. The zero-order valence-electron chi connectivity index (χ0n) is 17.7. The Hall–Kier alpha value is -4.39. The van der Waals surface area contributed by atoms with E-state index < -0.39 is 0 Å². The van der Waals surface area contributed by atoms with E-state index in [2.05, 4.69) is 15.6 Å². The Labute approximate surface area is 185 Å². The monoisotopic (exact) mass is 426 g/mol. The number of benzene rings is 3. The van der Waals surface area contributed by atoms with Crippen molar-refractivity contribution in [1.29, 1.82) is 0 Å². The molecule has 0 saturated heterocycles. The molecule has 1 N–H and O–H groups in total. The van der Waals surface area contributed by atoms with Crippen LogP contribution in [-0.4, -0.2) is 35.1 Å². The number of aromatic nitrogens is 3. The number of carbonyl (C=O) groups is 1. The molecule has 0 unspecified atom stereocenters. The van der Waals surface area contributed by atoms with Gasteiger partial charge in [-0.2, -0.15) is 0 Å². The highest BCUT2D eigenvalue weighted by atomic mass is 16.5. The quantitative estimate of drug-likeness (QED) is 0.437. The van der Waals surface area contributed by atoms with Crippen LogP contribution in [0.25, 0.3) is 23.0 Å².